The summed E-state index contributed by atoms with van der Waals surface area (Å²) in [5.41, 5.74) is 7.50. The maximum absolute atomic E-state index is 6.34. The summed E-state index contributed by atoms with van der Waals surface area (Å²) < 4.78 is 7.63. The summed E-state index contributed by atoms with van der Waals surface area (Å²) in [7, 11) is 0. The van der Waals surface area contributed by atoms with Crippen LogP contribution in [0.3, 0.4) is 0 Å². The fourth-order valence-electron chi connectivity index (χ4n) is 2.54. The molecule has 102 valence electrons. The molecule has 2 unspecified atom stereocenters. The van der Waals surface area contributed by atoms with Crippen molar-refractivity contribution < 1.29 is 4.74 Å². The fraction of sp³-hybridized carbons (Fsp3) is 0.786. The lowest BCUT2D eigenvalue weighted by Gasteiger charge is -2.19. The monoisotopic (exact) mass is 251 g/mol. The van der Waals surface area contributed by atoms with Gasteiger partial charge in [0.15, 0.2) is 0 Å². The number of hydrogen-bond donors (Lipinski definition) is 1. The molecule has 1 aromatic heterocycles. The Labute approximate surface area is 110 Å². The van der Waals surface area contributed by atoms with Crippen molar-refractivity contribution in [3.05, 3.63) is 18.2 Å². The van der Waals surface area contributed by atoms with Crippen molar-refractivity contribution in [2.24, 2.45) is 17.6 Å². The van der Waals surface area contributed by atoms with Gasteiger partial charge in [0.05, 0.1) is 24.7 Å². The Morgan fingerprint density at radius 2 is 2.39 bits per heavy atom. The molecule has 0 radical (unpaired) electrons. The van der Waals surface area contributed by atoms with Crippen LogP contribution in [0.2, 0.25) is 0 Å². The molecule has 2 atom stereocenters. The third kappa shape index (κ3) is 3.33. The molecule has 4 nitrogen and oxygen atoms in total. The van der Waals surface area contributed by atoms with Gasteiger partial charge in [-0.1, -0.05) is 13.8 Å². The lowest BCUT2D eigenvalue weighted by Crippen LogP contribution is -2.24. The van der Waals surface area contributed by atoms with E-state index >= 15 is 0 Å². The highest BCUT2D eigenvalue weighted by Crippen LogP contribution is 2.26. The van der Waals surface area contributed by atoms with Crippen LogP contribution in [0.1, 0.15) is 44.8 Å². The highest BCUT2D eigenvalue weighted by atomic mass is 16.5. The molecule has 1 aliphatic rings. The van der Waals surface area contributed by atoms with Crippen LogP contribution in [0.25, 0.3) is 0 Å². The van der Waals surface area contributed by atoms with Gasteiger partial charge in [0.25, 0.3) is 0 Å². The molecule has 1 fully saturated rings. The van der Waals surface area contributed by atoms with E-state index < -0.39 is 0 Å². The topological polar surface area (TPSA) is 53.1 Å². The summed E-state index contributed by atoms with van der Waals surface area (Å²) in [6.45, 7) is 7.18. The van der Waals surface area contributed by atoms with E-state index in [-0.39, 0.29) is 6.04 Å². The van der Waals surface area contributed by atoms with Crippen molar-refractivity contribution in [3.63, 3.8) is 0 Å². The Balaban J connectivity index is 1.93. The third-order valence-corrected chi connectivity index (χ3v) is 3.74. The van der Waals surface area contributed by atoms with Gasteiger partial charge in [-0.3, -0.25) is 0 Å². The summed E-state index contributed by atoms with van der Waals surface area (Å²) in [5, 5.41) is 0. The number of rotatable bonds is 6. The van der Waals surface area contributed by atoms with Crippen molar-refractivity contribution in [1.29, 1.82) is 0 Å². The molecule has 0 bridgehead atoms. The number of nitrogens with zero attached hydrogens (tertiary/aromatic N) is 2. The number of ether oxygens (including phenoxy) is 1. The minimum absolute atomic E-state index is 0.0639. The SMILES string of the molecule is CC(C)CCCn1cncc1C(N)C1CCOC1. The van der Waals surface area contributed by atoms with Gasteiger partial charge in [-0.15, -0.1) is 0 Å². The van der Waals surface area contributed by atoms with Gasteiger partial charge in [-0.25, -0.2) is 4.98 Å². The smallest absolute Gasteiger partial charge is 0.0948 e. The van der Waals surface area contributed by atoms with E-state index in [1.807, 2.05) is 12.5 Å². The maximum Gasteiger partial charge on any atom is 0.0948 e. The molecule has 0 amide bonds. The molecule has 0 saturated carbocycles. The molecule has 0 aliphatic carbocycles. The van der Waals surface area contributed by atoms with Gasteiger partial charge < -0.3 is 15.0 Å². The van der Waals surface area contributed by atoms with Gasteiger partial charge in [0.1, 0.15) is 0 Å². The summed E-state index contributed by atoms with van der Waals surface area (Å²) in [5.74, 6) is 1.21. The fourth-order valence-corrected chi connectivity index (χ4v) is 2.54. The Morgan fingerprint density at radius 3 is 3.06 bits per heavy atom. The Bertz CT molecular complexity index is 356. The largest absolute Gasteiger partial charge is 0.381 e. The van der Waals surface area contributed by atoms with Gasteiger partial charge in [-0.05, 0) is 25.2 Å². The van der Waals surface area contributed by atoms with E-state index in [0.717, 1.165) is 37.8 Å². The van der Waals surface area contributed by atoms with E-state index in [9.17, 15) is 0 Å². The van der Waals surface area contributed by atoms with Crippen LogP contribution >= 0.6 is 0 Å². The second-order valence-electron chi connectivity index (χ2n) is 5.70. The molecule has 18 heavy (non-hydrogen) atoms. The Hall–Kier alpha value is -0.870. The second kappa shape index (κ2) is 6.34. The maximum atomic E-state index is 6.34. The van der Waals surface area contributed by atoms with Gasteiger partial charge in [-0.2, -0.15) is 0 Å². The molecular weight excluding hydrogens is 226 g/mol. The number of imidazole rings is 1. The molecule has 2 N–H and O–H groups in total. The molecule has 1 saturated heterocycles. The first kappa shape index (κ1) is 13.6. The van der Waals surface area contributed by atoms with E-state index in [4.69, 9.17) is 10.5 Å². The first-order valence-corrected chi connectivity index (χ1v) is 7.02. The second-order valence-corrected chi connectivity index (χ2v) is 5.70. The first-order chi connectivity index (χ1) is 8.68. The first-order valence-electron chi connectivity index (χ1n) is 7.02. The van der Waals surface area contributed by atoms with Crippen LogP contribution in [0.4, 0.5) is 0 Å². The highest BCUT2D eigenvalue weighted by Gasteiger charge is 2.26. The summed E-state index contributed by atoms with van der Waals surface area (Å²) in [4.78, 5) is 4.25. The number of aromatic nitrogens is 2. The molecule has 1 aromatic rings. The van der Waals surface area contributed by atoms with E-state index in [1.165, 1.54) is 12.8 Å². The summed E-state index contributed by atoms with van der Waals surface area (Å²) >= 11 is 0. The van der Waals surface area contributed by atoms with Crippen molar-refractivity contribution in [2.45, 2.75) is 45.7 Å². The molecule has 4 heteroatoms. The molecule has 0 aromatic carbocycles. The lowest BCUT2D eigenvalue weighted by atomic mass is 9.97. The van der Waals surface area contributed by atoms with Crippen LogP contribution in [-0.4, -0.2) is 22.8 Å². The van der Waals surface area contributed by atoms with E-state index in [1.54, 1.807) is 0 Å². The third-order valence-electron chi connectivity index (χ3n) is 3.74. The molecule has 2 heterocycles. The normalized spacial score (nSPS) is 21.7. The molecular formula is C14H25N3O. The van der Waals surface area contributed by atoms with Crippen LogP contribution in [-0.2, 0) is 11.3 Å². The Morgan fingerprint density at radius 1 is 1.56 bits per heavy atom. The number of aryl methyl sites for hydroxylation is 1. The molecule has 0 spiro atoms. The minimum atomic E-state index is 0.0639. The van der Waals surface area contributed by atoms with Gasteiger partial charge in [0.2, 0.25) is 0 Å². The van der Waals surface area contributed by atoms with E-state index in [2.05, 4.69) is 23.4 Å². The zero-order valence-electron chi connectivity index (χ0n) is 11.5. The van der Waals surface area contributed by atoms with Gasteiger partial charge in [0, 0.05) is 25.3 Å². The number of hydrogen-bond acceptors (Lipinski definition) is 3. The van der Waals surface area contributed by atoms with Crippen LogP contribution in [0.15, 0.2) is 12.5 Å². The zero-order chi connectivity index (χ0) is 13.0. The summed E-state index contributed by atoms with van der Waals surface area (Å²) in [6, 6.07) is 0.0639. The van der Waals surface area contributed by atoms with Gasteiger partial charge >= 0.3 is 0 Å². The number of nitrogens with two attached hydrogens (primary N) is 1. The predicted molar refractivity (Wildman–Crippen MR) is 72.2 cm³/mol. The van der Waals surface area contributed by atoms with Crippen molar-refractivity contribution >= 4 is 0 Å². The quantitative estimate of drug-likeness (QED) is 0.844. The standard InChI is InChI=1S/C14H25N3O/c1-11(2)4-3-6-17-10-16-8-13(17)14(15)12-5-7-18-9-12/h8,10-12,14H,3-7,9,15H2,1-2H3. The molecule has 1 aliphatic heterocycles. The van der Waals surface area contributed by atoms with E-state index in [0.29, 0.717) is 5.92 Å². The Kier molecular flexibility index (Phi) is 4.78. The average Bonchev–Trinajstić information content (AvgIpc) is 2.98. The van der Waals surface area contributed by atoms with Crippen molar-refractivity contribution in [3.8, 4) is 0 Å². The predicted octanol–water partition coefficient (Wildman–Crippen LogP) is 2.36. The minimum Gasteiger partial charge on any atom is -0.381 e. The van der Waals surface area contributed by atoms with Crippen LogP contribution < -0.4 is 5.73 Å². The highest BCUT2D eigenvalue weighted by molar-refractivity contribution is 5.07. The lowest BCUT2D eigenvalue weighted by molar-refractivity contribution is 0.180. The van der Waals surface area contributed by atoms with Crippen LogP contribution in [0, 0.1) is 11.8 Å². The zero-order valence-corrected chi connectivity index (χ0v) is 11.5. The van der Waals surface area contributed by atoms with Crippen molar-refractivity contribution in [1.82, 2.24) is 9.55 Å². The van der Waals surface area contributed by atoms with Crippen LogP contribution in [0.5, 0.6) is 0 Å². The summed E-state index contributed by atoms with van der Waals surface area (Å²) in [6.07, 6.45) is 7.33. The molecule has 2 rings (SSSR count). The van der Waals surface area contributed by atoms with Crippen molar-refractivity contribution in [2.75, 3.05) is 13.2 Å². The average molecular weight is 251 g/mol.